The van der Waals surface area contributed by atoms with Gasteiger partial charge in [0.1, 0.15) is 0 Å². The summed E-state index contributed by atoms with van der Waals surface area (Å²) < 4.78 is 0. The lowest BCUT2D eigenvalue weighted by Gasteiger charge is -2.41. The Morgan fingerprint density at radius 2 is 2.13 bits per heavy atom. The van der Waals surface area contributed by atoms with E-state index in [-0.39, 0.29) is 24.0 Å². The highest BCUT2D eigenvalue weighted by molar-refractivity contribution is 5.80. The molecule has 1 amide bonds. The number of carbonyl (C=O) groups is 1. The molecule has 0 aromatic rings. The predicted octanol–water partition coefficient (Wildman–Crippen LogP) is 1.45. The van der Waals surface area contributed by atoms with Crippen LogP contribution < -0.4 is 5.32 Å². The van der Waals surface area contributed by atoms with Crippen molar-refractivity contribution in [2.45, 2.75) is 51.0 Å². The Balaban J connectivity index is 1.91. The van der Waals surface area contributed by atoms with Crippen molar-refractivity contribution in [1.29, 1.82) is 0 Å². The van der Waals surface area contributed by atoms with E-state index in [1.54, 1.807) is 0 Å². The summed E-state index contributed by atoms with van der Waals surface area (Å²) in [6.45, 7) is 2.25. The first-order valence-corrected chi connectivity index (χ1v) is 6.10. The molecule has 3 nitrogen and oxygen atoms in total. The van der Waals surface area contributed by atoms with E-state index in [1.165, 1.54) is 12.8 Å². The minimum Gasteiger partial charge on any atom is -0.394 e. The Hall–Kier alpha value is -0.570. The van der Waals surface area contributed by atoms with Crippen LogP contribution in [-0.4, -0.2) is 23.2 Å². The smallest absolute Gasteiger partial charge is 0.223 e. The van der Waals surface area contributed by atoms with E-state index in [0.29, 0.717) is 5.92 Å². The third-order valence-corrected chi connectivity index (χ3v) is 4.20. The fourth-order valence-corrected chi connectivity index (χ4v) is 2.82. The molecule has 0 bridgehead atoms. The summed E-state index contributed by atoms with van der Waals surface area (Å²) >= 11 is 0. The SMILES string of the molecule is CC1CCCC1C(=O)NC1(CO)CCC1. The Bertz CT molecular complexity index is 242. The number of hydrogen-bond acceptors (Lipinski definition) is 2. The molecule has 0 saturated heterocycles. The van der Waals surface area contributed by atoms with Crippen LogP contribution in [0.4, 0.5) is 0 Å². The van der Waals surface area contributed by atoms with Gasteiger partial charge in [0.2, 0.25) is 5.91 Å². The molecule has 0 spiro atoms. The molecule has 0 aliphatic heterocycles. The first-order chi connectivity index (χ1) is 7.17. The van der Waals surface area contributed by atoms with Crippen molar-refractivity contribution < 1.29 is 9.90 Å². The zero-order valence-corrected chi connectivity index (χ0v) is 9.46. The van der Waals surface area contributed by atoms with E-state index in [1.807, 2.05) is 0 Å². The minimum absolute atomic E-state index is 0.0971. The van der Waals surface area contributed by atoms with Gasteiger partial charge < -0.3 is 10.4 Å². The molecule has 0 aromatic carbocycles. The summed E-state index contributed by atoms with van der Waals surface area (Å²) in [6, 6.07) is 0. The van der Waals surface area contributed by atoms with Crippen molar-refractivity contribution in [2.75, 3.05) is 6.61 Å². The highest BCUT2D eigenvalue weighted by atomic mass is 16.3. The maximum absolute atomic E-state index is 12.0. The van der Waals surface area contributed by atoms with Crippen molar-refractivity contribution in [3.63, 3.8) is 0 Å². The van der Waals surface area contributed by atoms with Crippen LogP contribution in [0, 0.1) is 11.8 Å². The molecule has 0 radical (unpaired) electrons. The van der Waals surface area contributed by atoms with E-state index in [9.17, 15) is 9.90 Å². The van der Waals surface area contributed by atoms with Crippen molar-refractivity contribution in [3.05, 3.63) is 0 Å². The summed E-state index contributed by atoms with van der Waals surface area (Å²) in [6.07, 6.45) is 6.37. The summed E-state index contributed by atoms with van der Waals surface area (Å²) in [5.74, 6) is 0.878. The zero-order valence-electron chi connectivity index (χ0n) is 9.46. The Kier molecular flexibility index (Phi) is 3.01. The second-order valence-corrected chi connectivity index (χ2v) is 5.30. The first kappa shape index (κ1) is 10.9. The topological polar surface area (TPSA) is 49.3 Å². The van der Waals surface area contributed by atoms with Crippen LogP contribution in [0.2, 0.25) is 0 Å². The van der Waals surface area contributed by atoms with Crippen LogP contribution in [0.1, 0.15) is 45.4 Å². The first-order valence-electron chi connectivity index (χ1n) is 6.10. The number of carbonyl (C=O) groups excluding carboxylic acids is 1. The fourth-order valence-electron chi connectivity index (χ4n) is 2.82. The molecular weight excluding hydrogens is 190 g/mol. The van der Waals surface area contributed by atoms with Gasteiger partial charge in [0, 0.05) is 5.92 Å². The quantitative estimate of drug-likeness (QED) is 0.742. The maximum Gasteiger partial charge on any atom is 0.223 e. The van der Waals surface area contributed by atoms with E-state index in [2.05, 4.69) is 12.2 Å². The largest absolute Gasteiger partial charge is 0.394 e. The van der Waals surface area contributed by atoms with Crippen LogP contribution >= 0.6 is 0 Å². The van der Waals surface area contributed by atoms with Crippen molar-refractivity contribution >= 4 is 5.91 Å². The molecule has 2 aliphatic carbocycles. The second-order valence-electron chi connectivity index (χ2n) is 5.30. The molecule has 2 fully saturated rings. The molecule has 2 N–H and O–H groups in total. The third kappa shape index (κ3) is 2.03. The number of hydrogen-bond donors (Lipinski definition) is 2. The van der Waals surface area contributed by atoms with E-state index < -0.39 is 0 Å². The number of nitrogens with one attached hydrogen (secondary N) is 1. The zero-order chi connectivity index (χ0) is 10.9. The lowest BCUT2D eigenvalue weighted by molar-refractivity contribution is -0.129. The molecular formula is C12H21NO2. The number of rotatable bonds is 3. The number of aliphatic hydroxyl groups is 1. The van der Waals surface area contributed by atoms with Crippen molar-refractivity contribution in [1.82, 2.24) is 5.32 Å². The normalized spacial score (nSPS) is 33.5. The van der Waals surface area contributed by atoms with Crippen molar-refractivity contribution in [2.24, 2.45) is 11.8 Å². The summed E-state index contributed by atoms with van der Waals surface area (Å²) in [7, 11) is 0. The van der Waals surface area contributed by atoms with Crippen LogP contribution in [0.25, 0.3) is 0 Å². The van der Waals surface area contributed by atoms with E-state index >= 15 is 0 Å². The summed E-state index contributed by atoms with van der Waals surface area (Å²) in [5, 5.41) is 12.3. The van der Waals surface area contributed by atoms with Crippen molar-refractivity contribution in [3.8, 4) is 0 Å². The molecule has 0 aromatic heterocycles. The number of aliphatic hydroxyl groups excluding tert-OH is 1. The summed E-state index contributed by atoms with van der Waals surface area (Å²) in [5.41, 5.74) is -0.264. The van der Waals surface area contributed by atoms with Gasteiger partial charge in [0.05, 0.1) is 12.1 Å². The Morgan fingerprint density at radius 3 is 2.53 bits per heavy atom. The summed E-state index contributed by atoms with van der Waals surface area (Å²) in [4.78, 5) is 12.0. The molecule has 0 heterocycles. The molecule has 3 heteroatoms. The molecule has 15 heavy (non-hydrogen) atoms. The molecule has 2 atom stereocenters. The lowest BCUT2D eigenvalue weighted by Crippen LogP contribution is -2.57. The van der Waals surface area contributed by atoms with E-state index in [4.69, 9.17) is 0 Å². The average Bonchev–Trinajstić information content (AvgIpc) is 2.58. The van der Waals surface area contributed by atoms with Gasteiger partial charge in [-0.1, -0.05) is 13.3 Å². The average molecular weight is 211 g/mol. The molecule has 2 saturated carbocycles. The monoisotopic (exact) mass is 211 g/mol. The highest BCUT2D eigenvalue weighted by Crippen LogP contribution is 2.35. The predicted molar refractivity (Wildman–Crippen MR) is 58.3 cm³/mol. The molecule has 2 unspecified atom stereocenters. The van der Waals surface area contributed by atoms with Gasteiger partial charge in [-0.3, -0.25) is 4.79 Å². The van der Waals surface area contributed by atoms with Gasteiger partial charge in [0.25, 0.3) is 0 Å². The maximum atomic E-state index is 12.0. The van der Waals surface area contributed by atoms with Gasteiger partial charge >= 0.3 is 0 Å². The van der Waals surface area contributed by atoms with Gasteiger partial charge in [-0.2, -0.15) is 0 Å². The van der Waals surface area contributed by atoms with Gasteiger partial charge in [-0.05, 0) is 38.0 Å². The van der Waals surface area contributed by atoms with E-state index in [0.717, 1.165) is 25.7 Å². The lowest BCUT2D eigenvalue weighted by atomic mass is 9.77. The number of amides is 1. The molecule has 86 valence electrons. The molecule has 2 rings (SSSR count). The Morgan fingerprint density at radius 1 is 1.40 bits per heavy atom. The van der Waals surface area contributed by atoms with Crippen LogP contribution in [0.15, 0.2) is 0 Å². The highest BCUT2D eigenvalue weighted by Gasteiger charge is 2.40. The standard InChI is InChI=1S/C12H21NO2/c1-9-4-2-5-10(9)11(15)13-12(8-14)6-3-7-12/h9-10,14H,2-8H2,1H3,(H,13,15). The van der Waals surface area contributed by atoms with Gasteiger partial charge in [0.15, 0.2) is 0 Å². The Labute approximate surface area is 91.2 Å². The fraction of sp³-hybridized carbons (Fsp3) is 0.917. The van der Waals surface area contributed by atoms with Crippen LogP contribution in [0.3, 0.4) is 0 Å². The second kappa shape index (κ2) is 4.12. The van der Waals surface area contributed by atoms with Gasteiger partial charge in [-0.15, -0.1) is 0 Å². The molecule has 2 aliphatic rings. The van der Waals surface area contributed by atoms with Crippen LogP contribution in [-0.2, 0) is 4.79 Å². The minimum atomic E-state index is -0.264. The third-order valence-electron chi connectivity index (χ3n) is 4.20. The van der Waals surface area contributed by atoms with Gasteiger partial charge in [-0.25, -0.2) is 0 Å². The van der Waals surface area contributed by atoms with Crippen LogP contribution in [0.5, 0.6) is 0 Å².